The highest BCUT2D eigenvalue weighted by Crippen LogP contribution is 2.26. The number of carbonyl (C=O) groups excluding carboxylic acids is 2. The smallest absolute Gasteiger partial charge is 0.264 e. The number of aryl methyl sites for hydroxylation is 1. The van der Waals surface area contributed by atoms with E-state index in [9.17, 15) is 22.4 Å². The number of halogens is 2. The van der Waals surface area contributed by atoms with Crippen molar-refractivity contribution < 1.29 is 22.4 Å². The summed E-state index contributed by atoms with van der Waals surface area (Å²) in [6, 6.07) is 26.5. The second-order valence-electron chi connectivity index (χ2n) is 10.4. The SMILES string of the molecule is CCCNC(=O)C(Cc1ccccc1)N(Cc1cccc(Cl)c1)C(=O)CN(c1ccc(C)cc1)S(=O)(=O)c1ccc(F)cc1. The molecule has 0 aliphatic heterocycles. The minimum Gasteiger partial charge on any atom is -0.354 e. The van der Waals surface area contributed by atoms with Crippen molar-refractivity contribution in [3.8, 4) is 0 Å². The molecule has 4 rings (SSSR count). The predicted octanol–water partition coefficient (Wildman–Crippen LogP) is 6.15. The van der Waals surface area contributed by atoms with E-state index in [0.717, 1.165) is 39.7 Å². The van der Waals surface area contributed by atoms with Crippen molar-refractivity contribution in [3.63, 3.8) is 0 Å². The molecule has 0 fully saturated rings. The summed E-state index contributed by atoms with van der Waals surface area (Å²) in [6.45, 7) is 3.62. The number of anilines is 1. The van der Waals surface area contributed by atoms with E-state index in [2.05, 4.69) is 5.32 Å². The molecular formula is C34H35ClFN3O4S. The van der Waals surface area contributed by atoms with E-state index in [4.69, 9.17) is 11.6 Å². The molecule has 4 aromatic rings. The molecule has 1 atom stereocenters. The summed E-state index contributed by atoms with van der Waals surface area (Å²) in [6.07, 6.45) is 0.904. The molecule has 10 heteroatoms. The fourth-order valence-electron chi connectivity index (χ4n) is 4.73. The highest BCUT2D eigenvalue weighted by molar-refractivity contribution is 7.92. The number of sulfonamides is 1. The fraction of sp³-hybridized carbons (Fsp3) is 0.235. The number of nitrogens with zero attached hydrogens (tertiary/aromatic N) is 2. The maximum Gasteiger partial charge on any atom is 0.264 e. The third kappa shape index (κ3) is 8.45. The Bertz CT molecular complexity index is 1670. The van der Waals surface area contributed by atoms with Crippen LogP contribution < -0.4 is 9.62 Å². The van der Waals surface area contributed by atoms with Crippen molar-refractivity contribution in [3.05, 3.63) is 131 Å². The highest BCUT2D eigenvalue weighted by atomic mass is 35.5. The number of hydrogen-bond donors (Lipinski definition) is 1. The van der Waals surface area contributed by atoms with Gasteiger partial charge in [0.2, 0.25) is 11.8 Å². The lowest BCUT2D eigenvalue weighted by atomic mass is 10.0. The van der Waals surface area contributed by atoms with Crippen molar-refractivity contribution in [2.75, 3.05) is 17.4 Å². The first kappa shape index (κ1) is 32.7. The predicted molar refractivity (Wildman–Crippen MR) is 171 cm³/mol. The Morgan fingerprint density at radius 3 is 2.18 bits per heavy atom. The quantitative estimate of drug-likeness (QED) is 0.191. The van der Waals surface area contributed by atoms with Crippen LogP contribution in [0.1, 0.15) is 30.0 Å². The molecule has 0 spiro atoms. The van der Waals surface area contributed by atoms with Gasteiger partial charge >= 0.3 is 0 Å². The normalized spacial score (nSPS) is 11.9. The number of hydrogen-bond acceptors (Lipinski definition) is 4. The van der Waals surface area contributed by atoms with Crippen molar-refractivity contribution >= 4 is 39.1 Å². The number of nitrogens with one attached hydrogen (secondary N) is 1. The third-order valence-corrected chi connectivity index (χ3v) is 9.09. The molecule has 0 radical (unpaired) electrons. The van der Waals surface area contributed by atoms with Crippen LogP contribution in [0.2, 0.25) is 5.02 Å². The molecule has 0 saturated carbocycles. The maximum absolute atomic E-state index is 14.4. The molecule has 0 bridgehead atoms. The average Bonchev–Trinajstić information content (AvgIpc) is 3.01. The van der Waals surface area contributed by atoms with E-state index in [1.807, 2.05) is 44.2 Å². The van der Waals surface area contributed by atoms with Crippen LogP contribution in [0.15, 0.2) is 108 Å². The summed E-state index contributed by atoms with van der Waals surface area (Å²) in [7, 11) is -4.31. The second-order valence-corrected chi connectivity index (χ2v) is 12.7. The molecule has 0 saturated heterocycles. The van der Waals surface area contributed by atoms with Crippen LogP contribution in [0, 0.1) is 12.7 Å². The van der Waals surface area contributed by atoms with Crippen LogP contribution in [0.25, 0.3) is 0 Å². The third-order valence-electron chi connectivity index (χ3n) is 7.06. The monoisotopic (exact) mass is 635 g/mol. The lowest BCUT2D eigenvalue weighted by molar-refractivity contribution is -0.140. The first-order valence-corrected chi connectivity index (χ1v) is 16.1. The molecule has 230 valence electrons. The molecule has 0 aromatic heterocycles. The molecule has 1 unspecified atom stereocenters. The van der Waals surface area contributed by atoms with Crippen LogP contribution in [0.4, 0.5) is 10.1 Å². The van der Waals surface area contributed by atoms with Crippen LogP contribution in [0.5, 0.6) is 0 Å². The Morgan fingerprint density at radius 1 is 0.886 bits per heavy atom. The summed E-state index contributed by atoms with van der Waals surface area (Å²) in [4.78, 5) is 29.3. The van der Waals surface area contributed by atoms with Crippen LogP contribution in [-0.4, -0.2) is 44.3 Å². The lowest BCUT2D eigenvalue weighted by Gasteiger charge is -2.34. The van der Waals surface area contributed by atoms with Gasteiger partial charge in [0.1, 0.15) is 18.4 Å². The van der Waals surface area contributed by atoms with Gasteiger partial charge in [0.15, 0.2) is 0 Å². The van der Waals surface area contributed by atoms with E-state index in [0.29, 0.717) is 23.6 Å². The van der Waals surface area contributed by atoms with Gasteiger partial charge in [0.05, 0.1) is 10.6 Å². The van der Waals surface area contributed by atoms with E-state index in [-0.39, 0.29) is 29.5 Å². The number of rotatable bonds is 13. The number of benzene rings is 4. The summed E-state index contributed by atoms with van der Waals surface area (Å²) < 4.78 is 42.6. The van der Waals surface area contributed by atoms with Crippen LogP contribution in [-0.2, 0) is 32.6 Å². The molecule has 0 aliphatic rings. The van der Waals surface area contributed by atoms with E-state index in [1.54, 1.807) is 48.5 Å². The Morgan fingerprint density at radius 2 is 1.55 bits per heavy atom. The van der Waals surface area contributed by atoms with E-state index >= 15 is 0 Å². The minimum absolute atomic E-state index is 0.00870. The first-order chi connectivity index (χ1) is 21.1. The van der Waals surface area contributed by atoms with Gasteiger partial charge < -0.3 is 10.2 Å². The number of amides is 2. The van der Waals surface area contributed by atoms with Crippen molar-refractivity contribution in [1.29, 1.82) is 0 Å². The summed E-state index contributed by atoms with van der Waals surface area (Å²) in [5.74, 6) is -1.53. The minimum atomic E-state index is -4.31. The largest absolute Gasteiger partial charge is 0.354 e. The van der Waals surface area contributed by atoms with Gasteiger partial charge in [-0.25, -0.2) is 12.8 Å². The van der Waals surface area contributed by atoms with Crippen LogP contribution in [0.3, 0.4) is 0 Å². The van der Waals surface area contributed by atoms with Gasteiger partial charge in [0.25, 0.3) is 10.0 Å². The van der Waals surface area contributed by atoms with Gasteiger partial charge in [-0.15, -0.1) is 0 Å². The Hall–Kier alpha value is -4.21. The van der Waals surface area contributed by atoms with E-state index in [1.165, 1.54) is 4.90 Å². The molecule has 0 heterocycles. The Kier molecular flexibility index (Phi) is 11.1. The molecule has 4 aromatic carbocycles. The van der Waals surface area contributed by atoms with Crippen molar-refractivity contribution in [1.82, 2.24) is 10.2 Å². The Labute approximate surface area is 263 Å². The van der Waals surface area contributed by atoms with Gasteiger partial charge in [0, 0.05) is 24.5 Å². The van der Waals surface area contributed by atoms with E-state index < -0.39 is 34.3 Å². The number of carbonyl (C=O) groups is 2. The van der Waals surface area contributed by atoms with Crippen molar-refractivity contribution in [2.24, 2.45) is 0 Å². The molecule has 1 N–H and O–H groups in total. The molecule has 44 heavy (non-hydrogen) atoms. The molecule has 2 amide bonds. The topological polar surface area (TPSA) is 86.8 Å². The molecule has 0 aliphatic carbocycles. The van der Waals surface area contributed by atoms with Gasteiger partial charge in [-0.3, -0.25) is 13.9 Å². The van der Waals surface area contributed by atoms with Gasteiger partial charge in [-0.1, -0.05) is 78.7 Å². The highest BCUT2D eigenvalue weighted by Gasteiger charge is 2.34. The zero-order valence-electron chi connectivity index (χ0n) is 24.6. The molecule has 7 nitrogen and oxygen atoms in total. The van der Waals surface area contributed by atoms with Gasteiger partial charge in [-0.05, 0) is 73.0 Å². The van der Waals surface area contributed by atoms with Gasteiger partial charge in [-0.2, -0.15) is 0 Å². The summed E-state index contributed by atoms with van der Waals surface area (Å²) in [5, 5.41) is 3.37. The second kappa shape index (κ2) is 15.0. The van der Waals surface area contributed by atoms with Crippen molar-refractivity contribution in [2.45, 2.75) is 44.2 Å². The summed E-state index contributed by atoms with van der Waals surface area (Å²) in [5.41, 5.74) is 2.67. The first-order valence-electron chi connectivity index (χ1n) is 14.3. The summed E-state index contributed by atoms with van der Waals surface area (Å²) >= 11 is 6.27. The fourth-order valence-corrected chi connectivity index (χ4v) is 6.35. The zero-order chi connectivity index (χ0) is 31.7. The maximum atomic E-state index is 14.4. The average molecular weight is 636 g/mol. The zero-order valence-corrected chi connectivity index (χ0v) is 26.2. The standard InChI is InChI=1S/C34H35ClFN3O4S/c1-3-20-37-34(41)32(22-26-8-5-4-6-9-26)38(23-27-10-7-11-28(35)21-27)33(40)24-39(30-16-12-25(2)13-17-30)44(42,43)31-18-14-29(36)15-19-31/h4-19,21,32H,3,20,22-24H2,1-2H3,(H,37,41). The molecular weight excluding hydrogens is 601 g/mol. The lowest BCUT2D eigenvalue weighted by Crippen LogP contribution is -2.53. The van der Waals surface area contributed by atoms with Crippen LogP contribution >= 0.6 is 11.6 Å². The Balaban J connectivity index is 1.79.